The molecule has 1 aliphatic heterocycles. The first kappa shape index (κ1) is 19.7. The van der Waals surface area contributed by atoms with E-state index in [1.807, 2.05) is 29.2 Å². The average molecular weight is 409 g/mol. The molecule has 1 aromatic heterocycles. The summed E-state index contributed by atoms with van der Waals surface area (Å²) < 4.78 is 5.39. The number of halogens is 1. The number of hydrogen-bond acceptors (Lipinski definition) is 3. The fraction of sp³-hybridized carbons (Fsp3) is 0.292. The maximum absolute atomic E-state index is 13.2. The molecule has 1 saturated heterocycles. The number of anilines is 1. The molecular weight excluding hydrogens is 384 g/mol. The Morgan fingerprint density at radius 2 is 1.72 bits per heavy atom. The van der Waals surface area contributed by atoms with Crippen LogP contribution in [0.15, 0.2) is 77.4 Å². The van der Waals surface area contributed by atoms with Gasteiger partial charge < -0.3 is 14.2 Å². The Hall–Kier alpha value is -2.56. The van der Waals surface area contributed by atoms with Crippen molar-refractivity contribution in [2.24, 2.45) is 0 Å². The highest BCUT2D eigenvalue weighted by Gasteiger charge is 2.31. The summed E-state index contributed by atoms with van der Waals surface area (Å²) in [6, 6.07) is 21.7. The van der Waals surface area contributed by atoms with Crippen LogP contribution < -0.4 is 4.90 Å². The summed E-state index contributed by atoms with van der Waals surface area (Å²) in [5.41, 5.74) is 2.23. The van der Waals surface area contributed by atoms with E-state index in [1.165, 1.54) is 5.56 Å². The minimum absolute atomic E-state index is 0.0972. The molecule has 0 saturated carbocycles. The lowest BCUT2D eigenvalue weighted by Gasteiger charge is -2.38. The third-order valence-electron chi connectivity index (χ3n) is 5.54. The van der Waals surface area contributed by atoms with Crippen LogP contribution in [0.5, 0.6) is 0 Å². The van der Waals surface area contributed by atoms with Gasteiger partial charge in [-0.15, -0.1) is 0 Å². The van der Waals surface area contributed by atoms with E-state index >= 15 is 0 Å². The minimum atomic E-state index is -0.0972. The number of nitrogens with zero attached hydrogens (tertiary/aromatic N) is 2. The molecule has 150 valence electrons. The van der Waals surface area contributed by atoms with Gasteiger partial charge in [-0.2, -0.15) is 0 Å². The van der Waals surface area contributed by atoms with Crippen LogP contribution in [-0.2, 0) is 6.42 Å². The normalized spacial score (nSPS) is 15.3. The molecule has 0 aliphatic carbocycles. The number of furan rings is 1. The highest BCUT2D eigenvalue weighted by molar-refractivity contribution is 6.30. The van der Waals surface area contributed by atoms with Gasteiger partial charge >= 0.3 is 0 Å². The second-order valence-corrected chi connectivity index (χ2v) is 7.87. The summed E-state index contributed by atoms with van der Waals surface area (Å²) in [5.74, 6) is 0.270. The topological polar surface area (TPSA) is 36.7 Å². The van der Waals surface area contributed by atoms with Crippen molar-refractivity contribution < 1.29 is 9.21 Å². The molecule has 0 unspecified atom stereocenters. The summed E-state index contributed by atoms with van der Waals surface area (Å²) in [5, 5.41) is 0.662. The van der Waals surface area contributed by atoms with Gasteiger partial charge in [0.2, 0.25) is 0 Å². The summed E-state index contributed by atoms with van der Waals surface area (Å²) in [4.78, 5) is 17.5. The van der Waals surface area contributed by atoms with Crippen molar-refractivity contribution in [1.29, 1.82) is 0 Å². The first-order valence-corrected chi connectivity index (χ1v) is 10.5. The van der Waals surface area contributed by atoms with Crippen LogP contribution in [-0.4, -0.2) is 36.5 Å². The van der Waals surface area contributed by atoms with Crippen LogP contribution in [0.2, 0.25) is 5.02 Å². The van der Waals surface area contributed by atoms with Crippen LogP contribution in [0.1, 0.15) is 29.0 Å². The highest BCUT2D eigenvalue weighted by Crippen LogP contribution is 2.27. The second kappa shape index (κ2) is 9.29. The van der Waals surface area contributed by atoms with Gasteiger partial charge in [-0.1, -0.05) is 41.9 Å². The zero-order chi connectivity index (χ0) is 20.1. The van der Waals surface area contributed by atoms with E-state index in [4.69, 9.17) is 16.0 Å². The number of benzene rings is 2. The summed E-state index contributed by atoms with van der Waals surface area (Å²) in [7, 11) is 0. The van der Waals surface area contributed by atoms with Crippen LogP contribution in [0, 0.1) is 0 Å². The first-order valence-electron chi connectivity index (χ1n) is 10.1. The van der Waals surface area contributed by atoms with Gasteiger partial charge in [-0.25, -0.2) is 0 Å². The van der Waals surface area contributed by atoms with Crippen molar-refractivity contribution in [3.8, 4) is 0 Å². The summed E-state index contributed by atoms with van der Waals surface area (Å²) in [6.07, 6.45) is 4.46. The molecule has 1 amide bonds. The van der Waals surface area contributed by atoms with Gasteiger partial charge in [-0.05, 0) is 61.2 Å². The van der Waals surface area contributed by atoms with Gasteiger partial charge in [0.1, 0.15) is 0 Å². The monoisotopic (exact) mass is 408 g/mol. The van der Waals surface area contributed by atoms with E-state index < -0.39 is 0 Å². The molecule has 29 heavy (non-hydrogen) atoms. The van der Waals surface area contributed by atoms with Crippen molar-refractivity contribution in [3.63, 3.8) is 0 Å². The van der Waals surface area contributed by atoms with Gasteiger partial charge in [0.15, 0.2) is 5.76 Å². The lowest BCUT2D eigenvalue weighted by Crippen LogP contribution is -2.48. The van der Waals surface area contributed by atoms with Gasteiger partial charge in [0.05, 0.1) is 6.26 Å². The predicted molar refractivity (Wildman–Crippen MR) is 117 cm³/mol. The minimum Gasteiger partial charge on any atom is -0.459 e. The van der Waals surface area contributed by atoms with Crippen LogP contribution >= 0.6 is 11.6 Å². The third kappa shape index (κ3) is 4.89. The van der Waals surface area contributed by atoms with Crippen molar-refractivity contribution in [2.45, 2.75) is 25.3 Å². The molecule has 0 N–H and O–H groups in total. The molecule has 4 nitrogen and oxygen atoms in total. The van der Waals surface area contributed by atoms with Crippen molar-refractivity contribution >= 4 is 23.2 Å². The molecule has 1 aliphatic rings. The number of carbonyl (C=O) groups is 1. The lowest BCUT2D eigenvalue weighted by atomic mass is 10.0. The van der Waals surface area contributed by atoms with Gasteiger partial charge in [0, 0.05) is 36.4 Å². The maximum Gasteiger partial charge on any atom is 0.294 e. The number of amides is 1. The van der Waals surface area contributed by atoms with E-state index in [0.29, 0.717) is 10.8 Å². The van der Waals surface area contributed by atoms with E-state index in [9.17, 15) is 4.79 Å². The maximum atomic E-state index is 13.2. The molecule has 0 bridgehead atoms. The average Bonchev–Trinajstić information content (AvgIpc) is 3.30. The third-order valence-corrected chi connectivity index (χ3v) is 5.79. The Balaban J connectivity index is 1.43. The molecule has 0 spiro atoms. The Morgan fingerprint density at radius 1 is 1.00 bits per heavy atom. The van der Waals surface area contributed by atoms with Crippen LogP contribution in [0.25, 0.3) is 0 Å². The molecule has 1 fully saturated rings. The highest BCUT2D eigenvalue weighted by atomic mass is 35.5. The Kier molecular flexibility index (Phi) is 6.33. The molecule has 0 radical (unpaired) electrons. The second-order valence-electron chi connectivity index (χ2n) is 7.44. The van der Waals surface area contributed by atoms with Crippen molar-refractivity contribution in [2.75, 3.05) is 24.5 Å². The molecular formula is C24H25ClN2O2. The Bertz CT molecular complexity index is 902. The van der Waals surface area contributed by atoms with Crippen LogP contribution in [0.4, 0.5) is 5.69 Å². The number of piperidine rings is 1. The van der Waals surface area contributed by atoms with Crippen molar-refractivity contribution in [3.05, 3.63) is 89.3 Å². The molecule has 2 heterocycles. The zero-order valence-electron chi connectivity index (χ0n) is 16.3. The molecule has 2 aromatic carbocycles. The SMILES string of the molecule is O=C(c1ccco1)N(c1ccc(Cl)cc1)C1CCN(CCc2ccccc2)CC1. The Labute approximate surface area is 176 Å². The van der Waals surface area contributed by atoms with Crippen molar-refractivity contribution in [1.82, 2.24) is 4.90 Å². The number of hydrogen-bond donors (Lipinski definition) is 0. The summed E-state index contributed by atoms with van der Waals surface area (Å²) >= 11 is 6.06. The van der Waals surface area contributed by atoms with E-state index in [-0.39, 0.29) is 11.9 Å². The zero-order valence-corrected chi connectivity index (χ0v) is 17.1. The fourth-order valence-electron chi connectivity index (χ4n) is 3.95. The fourth-order valence-corrected chi connectivity index (χ4v) is 4.07. The lowest BCUT2D eigenvalue weighted by molar-refractivity contribution is 0.0933. The van der Waals surface area contributed by atoms with E-state index in [0.717, 1.165) is 44.6 Å². The predicted octanol–water partition coefficient (Wildman–Crippen LogP) is 5.29. The van der Waals surface area contributed by atoms with Crippen LogP contribution in [0.3, 0.4) is 0 Å². The standard InChI is InChI=1S/C24H25ClN2O2/c25-20-8-10-21(11-9-20)27(24(28)23-7-4-18-29-23)22-13-16-26(17-14-22)15-12-19-5-2-1-3-6-19/h1-11,18,22H,12-17H2. The quantitative estimate of drug-likeness (QED) is 0.556. The summed E-state index contributed by atoms with van der Waals surface area (Å²) in [6.45, 7) is 3.00. The molecule has 0 atom stereocenters. The molecule has 3 aromatic rings. The van der Waals surface area contributed by atoms with Gasteiger partial charge in [-0.3, -0.25) is 4.79 Å². The smallest absolute Gasteiger partial charge is 0.294 e. The Morgan fingerprint density at radius 3 is 2.38 bits per heavy atom. The van der Waals surface area contributed by atoms with Gasteiger partial charge in [0.25, 0.3) is 5.91 Å². The number of likely N-dealkylation sites (tertiary alicyclic amines) is 1. The number of carbonyl (C=O) groups excluding carboxylic acids is 1. The molecule has 4 rings (SSSR count). The van der Waals surface area contributed by atoms with E-state index in [1.54, 1.807) is 18.4 Å². The van der Waals surface area contributed by atoms with E-state index in [2.05, 4.69) is 35.2 Å². The molecule has 5 heteroatoms. The largest absolute Gasteiger partial charge is 0.459 e. The first-order chi connectivity index (χ1) is 14.2. The number of rotatable bonds is 6.